The van der Waals surface area contributed by atoms with Gasteiger partial charge >= 0.3 is 0 Å². The smallest absolute Gasteiger partial charge is 0.267 e. The van der Waals surface area contributed by atoms with Crippen molar-refractivity contribution in [2.75, 3.05) is 16.8 Å². The van der Waals surface area contributed by atoms with E-state index in [1.54, 1.807) is 0 Å². The molecule has 6 nitrogen and oxygen atoms in total. The van der Waals surface area contributed by atoms with Crippen LogP contribution in [0.4, 0.5) is 5.69 Å². The van der Waals surface area contributed by atoms with E-state index in [1.807, 2.05) is 39.0 Å². The van der Waals surface area contributed by atoms with Gasteiger partial charge < -0.3 is 10.6 Å². The van der Waals surface area contributed by atoms with Gasteiger partial charge in [0.05, 0.1) is 11.5 Å². The molecule has 7 heteroatoms. The van der Waals surface area contributed by atoms with Gasteiger partial charge in [-0.05, 0) is 38.3 Å². The number of carbonyl (C=O) groups is 1. The summed E-state index contributed by atoms with van der Waals surface area (Å²) in [5.74, 6) is -0.352. The lowest BCUT2D eigenvalue weighted by atomic mass is 10.0. The van der Waals surface area contributed by atoms with Gasteiger partial charge in [0.25, 0.3) is 5.91 Å². The second-order valence-electron chi connectivity index (χ2n) is 6.16. The van der Waals surface area contributed by atoms with Gasteiger partial charge in [0.2, 0.25) is 0 Å². The van der Waals surface area contributed by atoms with Crippen LogP contribution in [0, 0.1) is 32.1 Å². The van der Waals surface area contributed by atoms with E-state index in [1.165, 1.54) is 6.20 Å². The molecule has 24 heavy (non-hydrogen) atoms. The summed E-state index contributed by atoms with van der Waals surface area (Å²) in [5.41, 5.74) is 3.55. The van der Waals surface area contributed by atoms with E-state index in [9.17, 15) is 18.5 Å². The van der Waals surface area contributed by atoms with Gasteiger partial charge in [-0.3, -0.25) is 4.79 Å². The molecule has 1 aliphatic rings. The number of nitriles is 1. The Bertz CT molecular complexity index is 812. The number of carbonyl (C=O) groups excluding carboxylic acids is 1. The van der Waals surface area contributed by atoms with Gasteiger partial charge in [-0.25, -0.2) is 8.42 Å². The van der Waals surface area contributed by atoms with Gasteiger partial charge in [-0.15, -0.1) is 0 Å². The highest BCUT2D eigenvalue weighted by molar-refractivity contribution is 7.91. The van der Waals surface area contributed by atoms with Crippen molar-refractivity contribution in [3.05, 3.63) is 40.6 Å². The molecule has 2 rings (SSSR count). The first-order valence-electron chi connectivity index (χ1n) is 7.68. The predicted molar refractivity (Wildman–Crippen MR) is 93.2 cm³/mol. The summed E-state index contributed by atoms with van der Waals surface area (Å²) in [7, 11) is -3.01. The van der Waals surface area contributed by atoms with Crippen molar-refractivity contribution in [1.29, 1.82) is 5.26 Å². The second kappa shape index (κ2) is 7.05. The topological polar surface area (TPSA) is 99.1 Å². The standard InChI is InChI=1S/C17H21N3O3S/c1-11-6-12(2)16(13(3)7-11)20-17(21)14(8-18)9-19-15-4-5-24(22,23)10-15/h6-7,9,15,19H,4-5,10H2,1-3H3,(H,20,21)/b14-9-. The first-order chi connectivity index (χ1) is 11.2. The maximum absolute atomic E-state index is 12.3. The fourth-order valence-electron chi connectivity index (χ4n) is 2.83. The number of benzene rings is 1. The minimum Gasteiger partial charge on any atom is -0.386 e. The highest BCUT2D eigenvalue weighted by Crippen LogP contribution is 2.22. The normalized spacial score (nSPS) is 19.6. The van der Waals surface area contributed by atoms with Crippen LogP contribution in [-0.2, 0) is 14.6 Å². The molecule has 1 heterocycles. The maximum atomic E-state index is 12.3. The van der Waals surface area contributed by atoms with Crippen molar-refractivity contribution in [3.8, 4) is 6.07 Å². The average Bonchev–Trinajstić information content (AvgIpc) is 2.82. The molecule has 0 aliphatic carbocycles. The molecule has 0 aromatic heterocycles. The highest BCUT2D eigenvalue weighted by Gasteiger charge is 2.27. The van der Waals surface area contributed by atoms with E-state index < -0.39 is 15.7 Å². The van der Waals surface area contributed by atoms with Crippen molar-refractivity contribution in [2.24, 2.45) is 0 Å². The van der Waals surface area contributed by atoms with Gasteiger partial charge in [0.15, 0.2) is 9.84 Å². The Hall–Kier alpha value is -2.33. The van der Waals surface area contributed by atoms with Crippen molar-refractivity contribution in [1.82, 2.24) is 5.32 Å². The van der Waals surface area contributed by atoms with Crippen LogP contribution in [0.5, 0.6) is 0 Å². The van der Waals surface area contributed by atoms with Crippen molar-refractivity contribution >= 4 is 21.4 Å². The molecule has 0 spiro atoms. The summed E-state index contributed by atoms with van der Waals surface area (Å²) < 4.78 is 22.9. The summed E-state index contributed by atoms with van der Waals surface area (Å²) in [6, 6.07) is 5.52. The third-order valence-electron chi connectivity index (χ3n) is 3.98. The molecule has 2 N–H and O–H groups in total. The largest absolute Gasteiger partial charge is 0.386 e. The minimum absolute atomic E-state index is 0.0278. The Morgan fingerprint density at radius 2 is 1.92 bits per heavy atom. The number of sulfone groups is 1. The molecule has 1 fully saturated rings. The van der Waals surface area contributed by atoms with Crippen molar-refractivity contribution in [3.63, 3.8) is 0 Å². The number of nitrogens with one attached hydrogen (secondary N) is 2. The lowest BCUT2D eigenvalue weighted by molar-refractivity contribution is -0.112. The zero-order valence-corrected chi connectivity index (χ0v) is 14.8. The number of hydrogen-bond donors (Lipinski definition) is 2. The number of anilines is 1. The number of amides is 1. The van der Waals surface area contributed by atoms with Gasteiger partial charge in [0, 0.05) is 17.9 Å². The molecule has 1 saturated heterocycles. The third-order valence-corrected chi connectivity index (χ3v) is 5.74. The molecule has 0 bridgehead atoms. The van der Waals surface area contributed by atoms with Gasteiger partial charge in [-0.1, -0.05) is 17.7 Å². The summed E-state index contributed by atoms with van der Waals surface area (Å²) in [5, 5.41) is 14.8. The number of hydrogen-bond acceptors (Lipinski definition) is 5. The van der Waals surface area contributed by atoms with Crippen LogP contribution in [0.1, 0.15) is 23.1 Å². The number of rotatable bonds is 4. The molecular formula is C17H21N3O3S. The Morgan fingerprint density at radius 3 is 2.42 bits per heavy atom. The Labute approximate surface area is 142 Å². The first kappa shape index (κ1) is 18.0. The van der Waals surface area contributed by atoms with E-state index in [0.717, 1.165) is 16.7 Å². The van der Waals surface area contributed by atoms with Crippen LogP contribution in [0.3, 0.4) is 0 Å². The lowest BCUT2D eigenvalue weighted by Gasteiger charge is -2.13. The molecular weight excluding hydrogens is 326 g/mol. The van der Waals surface area contributed by atoms with E-state index in [2.05, 4.69) is 10.6 Å². The lowest BCUT2D eigenvalue weighted by Crippen LogP contribution is -2.27. The summed E-state index contributed by atoms with van der Waals surface area (Å²) >= 11 is 0. The van der Waals surface area contributed by atoms with E-state index in [4.69, 9.17) is 0 Å². The molecule has 1 aromatic rings. The van der Waals surface area contributed by atoms with Gasteiger partial charge in [-0.2, -0.15) is 5.26 Å². The predicted octanol–water partition coefficient (Wildman–Crippen LogP) is 1.73. The Kier molecular flexibility index (Phi) is 5.30. The average molecular weight is 347 g/mol. The summed E-state index contributed by atoms with van der Waals surface area (Å²) in [4.78, 5) is 12.3. The van der Waals surface area contributed by atoms with Crippen LogP contribution in [0.2, 0.25) is 0 Å². The minimum atomic E-state index is -3.01. The molecule has 1 unspecified atom stereocenters. The molecule has 1 aliphatic heterocycles. The third kappa shape index (κ3) is 4.36. The van der Waals surface area contributed by atoms with Crippen molar-refractivity contribution < 1.29 is 13.2 Å². The molecule has 128 valence electrons. The van der Waals surface area contributed by atoms with Crippen LogP contribution in [0.15, 0.2) is 23.9 Å². The second-order valence-corrected chi connectivity index (χ2v) is 8.39. The van der Waals surface area contributed by atoms with Gasteiger partial charge in [0.1, 0.15) is 11.6 Å². The molecule has 1 atom stereocenters. The summed E-state index contributed by atoms with van der Waals surface area (Å²) in [6.45, 7) is 5.77. The highest BCUT2D eigenvalue weighted by atomic mass is 32.2. The van der Waals surface area contributed by atoms with E-state index in [0.29, 0.717) is 12.1 Å². The number of aryl methyl sites for hydroxylation is 3. The first-order valence-corrected chi connectivity index (χ1v) is 9.50. The van der Waals surface area contributed by atoms with Crippen LogP contribution in [0.25, 0.3) is 0 Å². The van der Waals surface area contributed by atoms with Crippen LogP contribution < -0.4 is 10.6 Å². The fourth-order valence-corrected chi connectivity index (χ4v) is 4.52. The molecule has 1 amide bonds. The quantitative estimate of drug-likeness (QED) is 0.638. The Morgan fingerprint density at radius 1 is 1.29 bits per heavy atom. The fraction of sp³-hybridized carbons (Fsp3) is 0.412. The van der Waals surface area contributed by atoms with Crippen LogP contribution in [-0.4, -0.2) is 31.9 Å². The monoisotopic (exact) mass is 347 g/mol. The maximum Gasteiger partial charge on any atom is 0.267 e. The number of nitrogens with zero attached hydrogens (tertiary/aromatic N) is 1. The summed E-state index contributed by atoms with van der Waals surface area (Å²) in [6.07, 6.45) is 1.79. The molecule has 0 saturated carbocycles. The van der Waals surface area contributed by atoms with Crippen LogP contribution >= 0.6 is 0 Å². The van der Waals surface area contributed by atoms with E-state index in [-0.39, 0.29) is 23.1 Å². The zero-order valence-electron chi connectivity index (χ0n) is 14.0. The Balaban J connectivity index is 2.10. The van der Waals surface area contributed by atoms with E-state index >= 15 is 0 Å². The molecule has 0 radical (unpaired) electrons. The zero-order chi connectivity index (χ0) is 17.9. The molecule has 1 aromatic carbocycles. The SMILES string of the molecule is Cc1cc(C)c(NC(=O)/C(C#N)=C\NC2CCS(=O)(=O)C2)c(C)c1. The van der Waals surface area contributed by atoms with Crippen molar-refractivity contribution in [2.45, 2.75) is 33.2 Å².